The highest BCUT2D eigenvalue weighted by Crippen LogP contribution is 2.46. The Bertz CT molecular complexity index is 386. The van der Waals surface area contributed by atoms with E-state index < -0.39 is 0 Å². The van der Waals surface area contributed by atoms with Crippen LogP contribution in [-0.4, -0.2) is 5.26 Å². The van der Waals surface area contributed by atoms with E-state index in [2.05, 4.69) is 18.2 Å². The van der Waals surface area contributed by atoms with E-state index in [1.54, 1.807) is 0 Å². The molecule has 0 heterocycles. The zero-order valence-corrected chi connectivity index (χ0v) is 8.83. The molecule has 2 aliphatic carbocycles. The quantitative estimate of drug-likeness (QED) is 0.562. The van der Waals surface area contributed by atoms with Crippen molar-refractivity contribution < 1.29 is 10.1 Å². The molecule has 0 aliphatic heterocycles. The normalized spacial score (nSPS) is 28.6. The molecule has 1 aromatic rings. The first-order chi connectivity index (χ1) is 7.36. The molecule has 0 radical (unpaired) electrons. The van der Waals surface area contributed by atoms with Crippen LogP contribution in [-0.2, 0) is 23.3 Å². The number of hydrogen-bond acceptors (Lipinski definition) is 2. The van der Waals surface area contributed by atoms with Gasteiger partial charge in [0.25, 0.3) is 0 Å². The average Bonchev–Trinajstić information content (AvgIpc) is 2.54. The highest BCUT2D eigenvalue weighted by Gasteiger charge is 2.42. The van der Waals surface area contributed by atoms with Gasteiger partial charge in [-0.25, -0.2) is 4.89 Å². The van der Waals surface area contributed by atoms with Crippen molar-refractivity contribution >= 4 is 0 Å². The summed E-state index contributed by atoms with van der Waals surface area (Å²) >= 11 is 0. The highest BCUT2D eigenvalue weighted by atomic mass is 17.1. The van der Waals surface area contributed by atoms with Gasteiger partial charge in [0.15, 0.2) is 0 Å². The lowest BCUT2D eigenvalue weighted by molar-refractivity contribution is -0.331. The number of benzene rings is 1. The van der Waals surface area contributed by atoms with Gasteiger partial charge in [0.05, 0.1) is 0 Å². The van der Waals surface area contributed by atoms with Crippen LogP contribution in [0.4, 0.5) is 0 Å². The first-order valence-electron chi connectivity index (χ1n) is 5.79. The van der Waals surface area contributed by atoms with Gasteiger partial charge < -0.3 is 0 Å². The molecule has 0 amide bonds. The van der Waals surface area contributed by atoms with E-state index in [0.717, 1.165) is 32.1 Å². The second-order valence-electron chi connectivity index (χ2n) is 4.74. The summed E-state index contributed by atoms with van der Waals surface area (Å²) in [5.41, 5.74) is 3.69. The van der Waals surface area contributed by atoms with Crippen LogP contribution in [0.25, 0.3) is 0 Å². The molecule has 0 saturated heterocycles. The van der Waals surface area contributed by atoms with Crippen molar-refractivity contribution in [2.45, 2.75) is 44.1 Å². The second kappa shape index (κ2) is 3.32. The summed E-state index contributed by atoms with van der Waals surface area (Å²) in [6.07, 6.45) is 6.44. The number of hydrogen-bond donors (Lipinski definition) is 1. The molecular weight excluding hydrogens is 188 g/mol. The molecule has 0 saturated carbocycles. The summed E-state index contributed by atoms with van der Waals surface area (Å²) in [5, 5.41) is 9.25. The molecule has 0 fully saturated rings. The summed E-state index contributed by atoms with van der Waals surface area (Å²) in [5.74, 6) is 0. The summed E-state index contributed by atoms with van der Waals surface area (Å²) in [4.78, 5) is 4.89. The van der Waals surface area contributed by atoms with E-state index >= 15 is 0 Å². The minimum absolute atomic E-state index is 0.373. The molecule has 0 spiro atoms. The van der Waals surface area contributed by atoms with Crippen LogP contribution in [0.1, 0.15) is 42.4 Å². The fourth-order valence-electron chi connectivity index (χ4n) is 3.23. The van der Waals surface area contributed by atoms with Gasteiger partial charge in [-0.3, -0.25) is 5.26 Å². The van der Waals surface area contributed by atoms with E-state index in [9.17, 15) is 5.26 Å². The van der Waals surface area contributed by atoms with Crippen LogP contribution in [0.2, 0.25) is 0 Å². The molecule has 0 aromatic heterocycles. The Kier molecular flexibility index (Phi) is 2.08. The minimum Gasteiger partial charge on any atom is -0.251 e. The third kappa shape index (κ3) is 1.25. The van der Waals surface area contributed by atoms with Gasteiger partial charge in [0, 0.05) is 0 Å². The molecule has 0 bridgehead atoms. The molecule has 1 aromatic carbocycles. The minimum atomic E-state index is -0.373. The fourth-order valence-corrected chi connectivity index (χ4v) is 3.23. The van der Waals surface area contributed by atoms with Crippen molar-refractivity contribution in [1.82, 2.24) is 0 Å². The van der Waals surface area contributed by atoms with Gasteiger partial charge in [-0.1, -0.05) is 18.2 Å². The molecule has 3 rings (SSSR count). The van der Waals surface area contributed by atoms with Crippen molar-refractivity contribution in [2.75, 3.05) is 0 Å². The standard InChI is InChI=1S/C13H16O2/c14-15-13-8-2-1-4-10-5-3-6-11(7-9-13)12(10)13/h3,5-6,14H,1-2,4,7-9H2. The van der Waals surface area contributed by atoms with Crippen molar-refractivity contribution in [2.24, 2.45) is 0 Å². The monoisotopic (exact) mass is 204 g/mol. The first-order valence-corrected chi connectivity index (χ1v) is 5.79. The lowest BCUT2D eigenvalue weighted by Gasteiger charge is -2.26. The molecule has 15 heavy (non-hydrogen) atoms. The van der Waals surface area contributed by atoms with Crippen molar-refractivity contribution in [3.05, 3.63) is 34.9 Å². The largest absolute Gasteiger partial charge is 0.251 e. The lowest BCUT2D eigenvalue weighted by Crippen LogP contribution is -2.25. The molecule has 2 nitrogen and oxygen atoms in total. The third-order valence-corrected chi connectivity index (χ3v) is 3.94. The maximum atomic E-state index is 9.25. The SMILES string of the molecule is OOC12CCCCc3cccc(c31)CC2. The molecule has 1 atom stereocenters. The van der Waals surface area contributed by atoms with Gasteiger partial charge >= 0.3 is 0 Å². The van der Waals surface area contributed by atoms with Gasteiger partial charge in [-0.15, -0.1) is 0 Å². The highest BCUT2D eigenvalue weighted by molar-refractivity contribution is 5.44. The van der Waals surface area contributed by atoms with Crippen molar-refractivity contribution in [3.63, 3.8) is 0 Å². The van der Waals surface area contributed by atoms with Crippen LogP contribution < -0.4 is 0 Å². The second-order valence-corrected chi connectivity index (χ2v) is 4.74. The zero-order valence-electron chi connectivity index (χ0n) is 8.83. The predicted octanol–water partition coefficient (Wildman–Crippen LogP) is 3.04. The molecule has 1 unspecified atom stereocenters. The Hall–Kier alpha value is -0.860. The van der Waals surface area contributed by atoms with E-state index in [4.69, 9.17) is 4.89 Å². The van der Waals surface area contributed by atoms with Gasteiger partial charge in [0.1, 0.15) is 5.60 Å². The van der Waals surface area contributed by atoms with Gasteiger partial charge in [-0.05, 0) is 55.2 Å². The average molecular weight is 204 g/mol. The van der Waals surface area contributed by atoms with Crippen LogP contribution in [0.5, 0.6) is 0 Å². The Morgan fingerprint density at radius 2 is 1.87 bits per heavy atom. The Morgan fingerprint density at radius 1 is 1.07 bits per heavy atom. The Labute approximate surface area is 89.8 Å². The van der Waals surface area contributed by atoms with Crippen LogP contribution in [0, 0.1) is 0 Å². The van der Waals surface area contributed by atoms with Gasteiger partial charge in [0.2, 0.25) is 0 Å². The first kappa shape index (κ1) is 9.37. The molecule has 2 heteroatoms. The van der Waals surface area contributed by atoms with E-state index in [1.807, 2.05) is 0 Å². The Morgan fingerprint density at radius 3 is 2.67 bits per heavy atom. The van der Waals surface area contributed by atoms with Crippen molar-refractivity contribution in [1.29, 1.82) is 0 Å². The number of aryl methyl sites for hydroxylation is 2. The molecule has 1 N–H and O–H groups in total. The van der Waals surface area contributed by atoms with Gasteiger partial charge in [-0.2, -0.15) is 0 Å². The van der Waals surface area contributed by atoms with E-state index in [0.29, 0.717) is 0 Å². The smallest absolute Gasteiger partial charge is 0.129 e. The van der Waals surface area contributed by atoms with Crippen LogP contribution >= 0.6 is 0 Å². The van der Waals surface area contributed by atoms with Crippen LogP contribution in [0.3, 0.4) is 0 Å². The third-order valence-electron chi connectivity index (χ3n) is 3.94. The molecule has 2 aliphatic rings. The zero-order chi connectivity index (χ0) is 10.3. The summed E-state index contributed by atoms with van der Waals surface area (Å²) in [6, 6.07) is 6.49. The summed E-state index contributed by atoms with van der Waals surface area (Å²) in [7, 11) is 0. The van der Waals surface area contributed by atoms with Crippen molar-refractivity contribution in [3.8, 4) is 0 Å². The fraction of sp³-hybridized carbons (Fsp3) is 0.538. The molecular formula is C13H16O2. The molecule has 80 valence electrons. The topological polar surface area (TPSA) is 29.5 Å². The summed E-state index contributed by atoms with van der Waals surface area (Å²) < 4.78 is 0. The van der Waals surface area contributed by atoms with E-state index in [1.165, 1.54) is 23.1 Å². The maximum Gasteiger partial charge on any atom is 0.129 e. The van der Waals surface area contributed by atoms with E-state index in [-0.39, 0.29) is 5.60 Å². The van der Waals surface area contributed by atoms with Crippen LogP contribution in [0.15, 0.2) is 18.2 Å². The lowest BCUT2D eigenvalue weighted by atomic mass is 9.90. The predicted molar refractivity (Wildman–Crippen MR) is 57.7 cm³/mol. The summed E-state index contributed by atoms with van der Waals surface area (Å²) in [6.45, 7) is 0. The maximum absolute atomic E-state index is 9.25. The number of rotatable bonds is 1. The Balaban J connectivity index is 2.20.